The summed E-state index contributed by atoms with van der Waals surface area (Å²) in [6, 6.07) is 10.3. The van der Waals surface area contributed by atoms with E-state index in [-0.39, 0.29) is 0 Å². The Labute approximate surface area is 140 Å². The zero-order valence-corrected chi connectivity index (χ0v) is 13.9. The van der Waals surface area contributed by atoms with Crippen molar-refractivity contribution in [3.05, 3.63) is 53.3 Å². The topological polar surface area (TPSA) is 59.3 Å². The number of aryl methyl sites for hydroxylation is 1. The Morgan fingerprint density at radius 3 is 3.00 bits per heavy atom. The van der Waals surface area contributed by atoms with Crippen molar-refractivity contribution in [1.29, 1.82) is 0 Å². The van der Waals surface area contributed by atoms with Crippen LogP contribution in [0.3, 0.4) is 0 Å². The molecular weight excluding hydrogens is 302 g/mol. The lowest BCUT2D eigenvalue weighted by Gasteiger charge is -2.23. The fraction of sp³-hybridized carbons (Fsp3) is 0.316. The van der Waals surface area contributed by atoms with Crippen LogP contribution in [-0.2, 0) is 6.54 Å². The number of nitrogens with one attached hydrogen (secondary N) is 1. The monoisotopic (exact) mass is 323 g/mol. The largest absolute Gasteiger partial charge is 0.496 e. The first-order valence-electron chi connectivity index (χ1n) is 8.20. The zero-order valence-electron chi connectivity index (χ0n) is 13.9. The molecule has 1 aliphatic heterocycles. The number of ether oxygens (including phenoxy) is 1. The molecule has 0 unspecified atom stereocenters. The average Bonchev–Trinajstić information content (AvgIpc) is 2.96. The van der Waals surface area contributed by atoms with Gasteiger partial charge in [-0.15, -0.1) is 0 Å². The maximum Gasteiger partial charge on any atom is 0.121 e. The zero-order chi connectivity index (χ0) is 16.7. The number of nitrogens with zero attached hydrogens (tertiary/aromatic N) is 2. The van der Waals surface area contributed by atoms with Crippen LogP contribution in [0, 0.1) is 6.92 Å². The summed E-state index contributed by atoms with van der Waals surface area (Å²) in [6.45, 7) is 3.60. The van der Waals surface area contributed by atoms with Gasteiger partial charge in [0.25, 0.3) is 0 Å². The van der Waals surface area contributed by atoms with Crippen LogP contribution in [0.5, 0.6) is 5.75 Å². The first kappa shape index (κ1) is 15.0. The number of aliphatic hydroxyl groups is 1. The number of hydrogen-bond acceptors (Lipinski definition) is 4. The van der Waals surface area contributed by atoms with E-state index in [0.29, 0.717) is 0 Å². The molecule has 24 heavy (non-hydrogen) atoms. The number of methoxy groups -OCH3 is 1. The third-order valence-corrected chi connectivity index (χ3v) is 4.70. The van der Waals surface area contributed by atoms with Crippen LogP contribution in [0.2, 0.25) is 0 Å². The molecule has 1 aliphatic rings. The molecule has 0 aliphatic carbocycles. The Morgan fingerprint density at radius 2 is 2.21 bits per heavy atom. The van der Waals surface area contributed by atoms with Gasteiger partial charge in [-0.1, -0.05) is 12.1 Å². The summed E-state index contributed by atoms with van der Waals surface area (Å²) in [5.41, 5.74) is 6.28. The molecule has 1 aromatic heterocycles. The van der Waals surface area contributed by atoms with Crippen LogP contribution in [0.4, 0.5) is 5.69 Å². The summed E-state index contributed by atoms with van der Waals surface area (Å²) in [7, 11) is 1.69. The number of imidazole rings is 1. The van der Waals surface area contributed by atoms with Gasteiger partial charge in [-0.05, 0) is 42.7 Å². The van der Waals surface area contributed by atoms with Crippen molar-refractivity contribution < 1.29 is 9.84 Å². The number of anilines is 1. The second kappa shape index (κ2) is 5.83. The van der Waals surface area contributed by atoms with Gasteiger partial charge in [0.2, 0.25) is 0 Å². The van der Waals surface area contributed by atoms with Gasteiger partial charge in [-0.2, -0.15) is 0 Å². The molecule has 2 heterocycles. The quantitative estimate of drug-likeness (QED) is 0.777. The van der Waals surface area contributed by atoms with Crippen molar-refractivity contribution in [1.82, 2.24) is 9.55 Å². The standard InChI is InChI=1S/C19H21N3O2/c1-12-7-13(3-4-19(12)24-2)10-22-11-21-16-8-14-15(9-17(16)22)20-6-5-18(14)23/h3-4,7-9,11,18,20,23H,5-6,10H2,1-2H3/t18-/m0/s1. The molecule has 3 aromatic rings. The molecule has 0 amide bonds. The predicted molar refractivity (Wildman–Crippen MR) is 94.6 cm³/mol. The number of aliphatic hydroxyl groups excluding tert-OH is 1. The molecule has 0 radical (unpaired) electrons. The summed E-state index contributed by atoms with van der Waals surface area (Å²) in [5.74, 6) is 0.904. The lowest BCUT2D eigenvalue weighted by molar-refractivity contribution is 0.168. The summed E-state index contributed by atoms with van der Waals surface area (Å²) in [5, 5.41) is 13.5. The lowest BCUT2D eigenvalue weighted by atomic mass is 10.00. The highest BCUT2D eigenvalue weighted by Crippen LogP contribution is 2.33. The van der Waals surface area contributed by atoms with E-state index in [0.717, 1.165) is 53.1 Å². The van der Waals surface area contributed by atoms with E-state index >= 15 is 0 Å². The molecular formula is C19H21N3O2. The minimum atomic E-state index is -0.403. The first-order valence-corrected chi connectivity index (χ1v) is 8.20. The van der Waals surface area contributed by atoms with Crippen LogP contribution in [-0.4, -0.2) is 28.3 Å². The maximum atomic E-state index is 10.2. The summed E-state index contributed by atoms with van der Waals surface area (Å²) in [4.78, 5) is 4.51. The second-order valence-corrected chi connectivity index (χ2v) is 6.34. The van der Waals surface area contributed by atoms with Crippen LogP contribution >= 0.6 is 0 Å². The first-order chi connectivity index (χ1) is 11.7. The molecule has 124 valence electrons. The Bertz CT molecular complexity index is 901. The van der Waals surface area contributed by atoms with E-state index in [9.17, 15) is 5.11 Å². The smallest absolute Gasteiger partial charge is 0.121 e. The molecule has 5 heteroatoms. The minimum Gasteiger partial charge on any atom is -0.496 e. The van der Waals surface area contributed by atoms with Crippen molar-refractivity contribution in [2.24, 2.45) is 0 Å². The number of hydrogen-bond donors (Lipinski definition) is 2. The van der Waals surface area contributed by atoms with Gasteiger partial charge >= 0.3 is 0 Å². The SMILES string of the molecule is COc1ccc(Cn2cnc3cc4c(cc32)NCC[C@@H]4O)cc1C. The number of rotatable bonds is 3. The number of benzene rings is 2. The second-order valence-electron chi connectivity index (χ2n) is 6.34. The Hall–Kier alpha value is -2.53. The predicted octanol–water partition coefficient (Wildman–Crippen LogP) is 3.25. The van der Waals surface area contributed by atoms with Crippen molar-refractivity contribution >= 4 is 16.7 Å². The Kier molecular flexibility index (Phi) is 3.65. The highest BCUT2D eigenvalue weighted by molar-refractivity contribution is 5.82. The van der Waals surface area contributed by atoms with E-state index < -0.39 is 6.10 Å². The summed E-state index contributed by atoms with van der Waals surface area (Å²) >= 11 is 0. The molecule has 1 atom stereocenters. The molecule has 0 spiro atoms. The van der Waals surface area contributed by atoms with E-state index in [2.05, 4.69) is 40.0 Å². The molecule has 0 bridgehead atoms. The third-order valence-electron chi connectivity index (χ3n) is 4.70. The molecule has 0 saturated heterocycles. The molecule has 4 rings (SSSR count). The van der Waals surface area contributed by atoms with E-state index in [1.54, 1.807) is 7.11 Å². The summed E-state index contributed by atoms with van der Waals surface area (Å²) in [6.07, 6.45) is 2.20. The van der Waals surface area contributed by atoms with Crippen LogP contribution < -0.4 is 10.1 Å². The maximum absolute atomic E-state index is 10.2. The average molecular weight is 323 g/mol. The van der Waals surface area contributed by atoms with Crippen molar-refractivity contribution in [2.45, 2.75) is 26.0 Å². The number of fused-ring (bicyclic) bond motifs is 2. The number of aromatic nitrogens is 2. The van der Waals surface area contributed by atoms with Gasteiger partial charge in [0, 0.05) is 24.3 Å². The van der Waals surface area contributed by atoms with E-state index in [1.807, 2.05) is 18.5 Å². The fourth-order valence-electron chi connectivity index (χ4n) is 3.41. The fourth-order valence-corrected chi connectivity index (χ4v) is 3.41. The van der Waals surface area contributed by atoms with Gasteiger partial charge in [0.05, 0.1) is 30.6 Å². The Morgan fingerprint density at radius 1 is 1.33 bits per heavy atom. The molecule has 5 nitrogen and oxygen atoms in total. The van der Waals surface area contributed by atoms with Crippen molar-refractivity contribution in [2.75, 3.05) is 19.0 Å². The van der Waals surface area contributed by atoms with E-state index in [1.165, 1.54) is 5.56 Å². The summed E-state index contributed by atoms with van der Waals surface area (Å²) < 4.78 is 7.47. The normalized spacial score (nSPS) is 16.7. The van der Waals surface area contributed by atoms with Crippen molar-refractivity contribution in [3.8, 4) is 5.75 Å². The van der Waals surface area contributed by atoms with Gasteiger partial charge in [-0.25, -0.2) is 4.98 Å². The van der Waals surface area contributed by atoms with Crippen LogP contribution in [0.15, 0.2) is 36.7 Å². The van der Waals surface area contributed by atoms with Crippen LogP contribution in [0.25, 0.3) is 11.0 Å². The van der Waals surface area contributed by atoms with Crippen molar-refractivity contribution in [3.63, 3.8) is 0 Å². The minimum absolute atomic E-state index is 0.403. The van der Waals surface area contributed by atoms with Gasteiger partial charge in [-0.3, -0.25) is 0 Å². The highest BCUT2D eigenvalue weighted by atomic mass is 16.5. The van der Waals surface area contributed by atoms with Gasteiger partial charge in [0.1, 0.15) is 5.75 Å². The molecule has 0 saturated carbocycles. The Balaban J connectivity index is 1.71. The van der Waals surface area contributed by atoms with Gasteiger partial charge in [0.15, 0.2) is 0 Å². The van der Waals surface area contributed by atoms with Gasteiger partial charge < -0.3 is 19.7 Å². The molecule has 2 aromatic carbocycles. The molecule has 0 fully saturated rings. The molecule has 2 N–H and O–H groups in total. The highest BCUT2D eigenvalue weighted by Gasteiger charge is 2.19. The third kappa shape index (κ3) is 2.51. The lowest BCUT2D eigenvalue weighted by Crippen LogP contribution is -2.16. The van der Waals surface area contributed by atoms with E-state index in [4.69, 9.17) is 4.74 Å². The van der Waals surface area contributed by atoms with Crippen LogP contribution in [0.1, 0.15) is 29.2 Å².